The van der Waals surface area contributed by atoms with Gasteiger partial charge in [0.15, 0.2) is 11.5 Å². The minimum absolute atomic E-state index is 0.0348. The number of hydrazone groups is 1. The zero-order valence-corrected chi connectivity index (χ0v) is 11.9. The number of nitrogens with one attached hydrogen (secondary N) is 1. The quantitative estimate of drug-likeness (QED) is 0.547. The van der Waals surface area contributed by atoms with Gasteiger partial charge < -0.3 is 15.6 Å². The summed E-state index contributed by atoms with van der Waals surface area (Å²) in [4.78, 5) is 11.6. The summed E-state index contributed by atoms with van der Waals surface area (Å²) < 4.78 is 4.97. The molecule has 0 unspecified atom stereocenters. The molecule has 9 heteroatoms. The van der Waals surface area contributed by atoms with Crippen molar-refractivity contribution in [3.8, 4) is 11.5 Å². The number of nitrogen functional groups attached to an aromatic ring is 1. The van der Waals surface area contributed by atoms with Crippen LogP contribution < -0.4 is 15.9 Å². The fourth-order valence-electron chi connectivity index (χ4n) is 1.47. The first-order valence-corrected chi connectivity index (χ1v) is 6.67. The van der Waals surface area contributed by atoms with Gasteiger partial charge in [0, 0.05) is 0 Å². The van der Waals surface area contributed by atoms with Crippen LogP contribution in [0.15, 0.2) is 23.3 Å². The van der Waals surface area contributed by atoms with Crippen LogP contribution in [-0.4, -0.2) is 34.5 Å². The van der Waals surface area contributed by atoms with E-state index in [2.05, 4.69) is 20.7 Å². The molecule has 21 heavy (non-hydrogen) atoms. The Labute approximate surface area is 124 Å². The van der Waals surface area contributed by atoms with Crippen LogP contribution in [0.4, 0.5) is 5.13 Å². The van der Waals surface area contributed by atoms with Crippen LogP contribution in [0.3, 0.4) is 0 Å². The molecule has 1 aromatic carbocycles. The topological polar surface area (TPSA) is 123 Å². The highest BCUT2D eigenvalue weighted by molar-refractivity contribution is 7.15. The summed E-state index contributed by atoms with van der Waals surface area (Å²) in [5, 5.41) is 21.5. The number of hydrogen-bond acceptors (Lipinski definition) is 8. The van der Waals surface area contributed by atoms with Crippen LogP contribution in [-0.2, 0) is 11.2 Å². The number of ether oxygens (including phenoxy) is 1. The second kappa shape index (κ2) is 6.66. The maximum absolute atomic E-state index is 11.6. The lowest BCUT2D eigenvalue weighted by Crippen LogP contribution is -2.19. The lowest BCUT2D eigenvalue weighted by molar-refractivity contribution is -0.120. The van der Waals surface area contributed by atoms with Crippen molar-refractivity contribution in [2.24, 2.45) is 5.10 Å². The van der Waals surface area contributed by atoms with Crippen molar-refractivity contribution in [1.29, 1.82) is 0 Å². The smallest absolute Gasteiger partial charge is 0.247 e. The summed E-state index contributed by atoms with van der Waals surface area (Å²) in [5.41, 5.74) is 8.46. The highest BCUT2D eigenvalue weighted by Crippen LogP contribution is 2.25. The van der Waals surface area contributed by atoms with Gasteiger partial charge in [0.05, 0.1) is 19.7 Å². The van der Waals surface area contributed by atoms with Crippen molar-refractivity contribution in [2.75, 3.05) is 12.8 Å². The lowest BCUT2D eigenvalue weighted by Gasteiger charge is -2.03. The first-order chi connectivity index (χ1) is 10.1. The molecule has 0 spiro atoms. The van der Waals surface area contributed by atoms with Gasteiger partial charge in [0.1, 0.15) is 5.01 Å². The van der Waals surface area contributed by atoms with Gasteiger partial charge in [0.2, 0.25) is 11.0 Å². The van der Waals surface area contributed by atoms with Crippen LogP contribution in [0.1, 0.15) is 10.6 Å². The van der Waals surface area contributed by atoms with E-state index >= 15 is 0 Å². The average Bonchev–Trinajstić information content (AvgIpc) is 2.86. The largest absolute Gasteiger partial charge is 0.504 e. The summed E-state index contributed by atoms with van der Waals surface area (Å²) in [5.74, 6) is 0.0373. The standard InChI is InChI=1S/C12H13N5O3S/c1-20-9-4-7(2-3-8(9)18)6-14-15-10(19)5-11-16-17-12(13)21-11/h2-4,6,18H,5H2,1H3,(H2,13,17)(H,15,19). The van der Waals surface area contributed by atoms with E-state index in [0.717, 1.165) is 11.3 Å². The molecule has 0 saturated heterocycles. The van der Waals surface area contributed by atoms with Gasteiger partial charge in [-0.3, -0.25) is 4.79 Å². The van der Waals surface area contributed by atoms with Gasteiger partial charge in [-0.15, -0.1) is 10.2 Å². The average molecular weight is 307 g/mol. The van der Waals surface area contributed by atoms with Gasteiger partial charge in [-0.1, -0.05) is 11.3 Å². The zero-order chi connectivity index (χ0) is 15.2. The van der Waals surface area contributed by atoms with E-state index in [0.29, 0.717) is 21.5 Å². The van der Waals surface area contributed by atoms with Crippen molar-refractivity contribution < 1.29 is 14.6 Å². The van der Waals surface area contributed by atoms with Gasteiger partial charge in [-0.05, 0) is 23.8 Å². The molecule has 0 fully saturated rings. The van der Waals surface area contributed by atoms with E-state index in [1.54, 1.807) is 12.1 Å². The minimum Gasteiger partial charge on any atom is -0.504 e. The molecular weight excluding hydrogens is 294 g/mol. The van der Waals surface area contributed by atoms with Crippen molar-refractivity contribution in [1.82, 2.24) is 15.6 Å². The molecule has 110 valence electrons. The molecule has 0 atom stereocenters. The van der Waals surface area contributed by atoms with Crippen LogP contribution >= 0.6 is 11.3 Å². The lowest BCUT2D eigenvalue weighted by atomic mass is 10.2. The van der Waals surface area contributed by atoms with Crippen molar-refractivity contribution >= 4 is 28.6 Å². The normalized spacial score (nSPS) is 10.7. The zero-order valence-electron chi connectivity index (χ0n) is 11.1. The van der Waals surface area contributed by atoms with Crippen LogP contribution in [0.25, 0.3) is 0 Å². The summed E-state index contributed by atoms with van der Waals surface area (Å²) in [6.07, 6.45) is 1.50. The maximum atomic E-state index is 11.6. The van der Waals surface area contributed by atoms with Crippen LogP contribution in [0.2, 0.25) is 0 Å². The molecular formula is C12H13N5O3S. The first-order valence-electron chi connectivity index (χ1n) is 5.85. The molecule has 0 aliphatic heterocycles. The Hall–Kier alpha value is -2.68. The molecule has 2 aromatic rings. The maximum Gasteiger partial charge on any atom is 0.247 e. The van der Waals surface area contributed by atoms with Gasteiger partial charge in [0.25, 0.3) is 0 Å². The number of rotatable bonds is 5. The number of phenolic OH excluding ortho intramolecular Hbond substituents is 1. The van der Waals surface area contributed by atoms with E-state index in [-0.39, 0.29) is 18.1 Å². The third-order valence-electron chi connectivity index (χ3n) is 2.40. The second-order valence-electron chi connectivity index (χ2n) is 3.94. The molecule has 0 aliphatic rings. The number of aromatic hydroxyl groups is 1. The Morgan fingerprint density at radius 1 is 1.57 bits per heavy atom. The number of aromatic nitrogens is 2. The summed E-state index contributed by atoms with van der Waals surface area (Å²) in [7, 11) is 1.45. The van der Waals surface area contributed by atoms with E-state index in [9.17, 15) is 9.90 Å². The number of amides is 1. The number of anilines is 1. The molecule has 8 nitrogen and oxygen atoms in total. The van der Waals surface area contributed by atoms with E-state index < -0.39 is 0 Å². The van der Waals surface area contributed by atoms with E-state index in [1.165, 1.54) is 19.4 Å². The molecule has 0 radical (unpaired) electrons. The predicted octanol–water partition coefficient (Wildman–Crippen LogP) is 0.527. The predicted molar refractivity (Wildman–Crippen MR) is 78.4 cm³/mol. The van der Waals surface area contributed by atoms with Gasteiger partial charge >= 0.3 is 0 Å². The van der Waals surface area contributed by atoms with Crippen molar-refractivity contribution in [3.05, 3.63) is 28.8 Å². The highest BCUT2D eigenvalue weighted by atomic mass is 32.1. The molecule has 2 rings (SSSR count). The Morgan fingerprint density at radius 2 is 2.38 bits per heavy atom. The number of benzene rings is 1. The Morgan fingerprint density at radius 3 is 3.05 bits per heavy atom. The molecule has 1 heterocycles. The number of carbonyl (C=O) groups is 1. The SMILES string of the molecule is COc1cc(C=NNC(=O)Cc2nnc(N)s2)ccc1O. The van der Waals surface area contributed by atoms with Crippen LogP contribution in [0, 0.1) is 0 Å². The van der Waals surface area contributed by atoms with E-state index in [4.69, 9.17) is 10.5 Å². The number of nitrogens with two attached hydrogens (primary N) is 1. The van der Waals surface area contributed by atoms with Crippen molar-refractivity contribution in [2.45, 2.75) is 6.42 Å². The molecule has 0 aliphatic carbocycles. The third-order valence-corrected chi connectivity index (χ3v) is 3.15. The number of phenols is 1. The van der Waals surface area contributed by atoms with Gasteiger partial charge in [-0.25, -0.2) is 5.43 Å². The Bertz CT molecular complexity index is 671. The third kappa shape index (κ3) is 4.14. The minimum atomic E-state index is -0.326. The number of nitrogens with zero attached hydrogens (tertiary/aromatic N) is 3. The number of methoxy groups -OCH3 is 1. The Kier molecular flexibility index (Phi) is 4.67. The summed E-state index contributed by atoms with van der Waals surface area (Å²) in [6.45, 7) is 0. The molecule has 0 bridgehead atoms. The molecule has 1 aromatic heterocycles. The molecule has 4 N–H and O–H groups in total. The number of carbonyl (C=O) groups excluding carboxylic acids is 1. The van der Waals surface area contributed by atoms with E-state index in [1.807, 2.05) is 0 Å². The highest BCUT2D eigenvalue weighted by Gasteiger charge is 2.07. The van der Waals surface area contributed by atoms with Gasteiger partial charge in [-0.2, -0.15) is 5.10 Å². The summed E-state index contributed by atoms with van der Waals surface area (Å²) in [6, 6.07) is 4.71. The second-order valence-corrected chi connectivity index (χ2v) is 5.03. The monoisotopic (exact) mass is 307 g/mol. The first kappa shape index (κ1) is 14.7. The fourth-order valence-corrected chi connectivity index (χ4v) is 2.08. The molecule has 0 saturated carbocycles. The molecule has 1 amide bonds. The Balaban J connectivity index is 1.91. The van der Waals surface area contributed by atoms with Crippen LogP contribution in [0.5, 0.6) is 11.5 Å². The fraction of sp³-hybridized carbons (Fsp3) is 0.167. The number of hydrogen-bond donors (Lipinski definition) is 3. The van der Waals surface area contributed by atoms with Crippen molar-refractivity contribution in [3.63, 3.8) is 0 Å². The summed E-state index contributed by atoms with van der Waals surface area (Å²) >= 11 is 1.15.